The first kappa shape index (κ1) is 18.3. The van der Waals surface area contributed by atoms with Crippen LogP contribution in [0.1, 0.15) is 15.2 Å². The van der Waals surface area contributed by atoms with E-state index < -0.39 is 0 Å². The lowest BCUT2D eigenvalue weighted by atomic mass is 10.2. The van der Waals surface area contributed by atoms with Crippen LogP contribution in [0.3, 0.4) is 0 Å². The molecule has 7 heteroatoms. The van der Waals surface area contributed by atoms with Gasteiger partial charge in [0.2, 0.25) is 0 Å². The Morgan fingerprint density at radius 1 is 1.11 bits per heavy atom. The second-order valence-corrected chi connectivity index (χ2v) is 7.70. The minimum Gasteiger partial charge on any atom is -0.332 e. The van der Waals surface area contributed by atoms with Crippen molar-refractivity contribution in [3.05, 3.63) is 83.1 Å². The molecule has 0 bridgehead atoms. The summed E-state index contributed by atoms with van der Waals surface area (Å²) >= 11 is 6.61. The molecule has 0 atom stereocenters. The number of halogens is 1. The molecule has 0 unspecified atom stereocenters. The lowest BCUT2D eigenvalue weighted by Gasteiger charge is -2.08. The third-order valence-corrected chi connectivity index (χ3v) is 5.60. The second kappa shape index (κ2) is 7.53. The smallest absolute Gasteiger partial charge is 0.267 e. The second-order valence-electron chi connectivity index (χ2n) is 6.26. The van der Waals surface area contributed by atoms with Crippen LogP contribution in [0, 0.1) is 12.7 Å². The van der Waals surface area contributed by atoms with Gasteiger partial charge < -0.3 is 9.88 Å². The molecule has 0 fully saturated rings. The normalized spacial score (nSPS) is 10.8. The predicted octanol–water partition coefficient (Wildman–Crippen LogP) is 5.27. The first-order chi connectivity index (χ1) is 13.5. The van der Waals surface area contributed by atoms with Gasteiger partial charge >= 0.3 is 0 Å². The highest BCUT2D eigenvalue weighted by Crippen LogP contribution is 2.32. The molecule has 0 aliphatic heterocycles. The van der Waals surface area contributed by atoms with Gasteiger partial charge in [-0.2, -0.15) is 0 Å². The molecule has 0 radical (unpaired) electrons. The van der Waals surface area contributed by atoms with E-state index in [2.05, 4.69) is 21.4 Å². The number of nitrogens with one attached hydrogen (secondary N) is 2. The lowest BCUT2D eigenvalue weighted by Crippen LogP contribution is -2.33. The number of para-hydroxylation sites is 1. The number of carbonyl (C=O) groups excluding carboxylic acids is 1. The quantitative estimate of drug-likeness (QED) is 0.453. The molecule has 2 heterocycles. The number of amides is 1. The topological polar surface area (TPSA) is 46.1 Å². The Morgan fingerprint density at radius 2 is 1.82 bits per heavy atom. The number of fused-ring (bicyclic) bond motifs is 1. The van der Waals surface area contributed by atoms with Crippen LogP contribution < -0.4 is 10.6 Å². The van der Waals surface area contributed by atoms with Crippen LogP contribution in [0.15, 0.2) is 66.9 Å². The summed E-state index contributed by atoms with van der Waals surface area (Å²) in [6.07, 6.45) is 2.07. The summed E-state index contributed by atoms with van der Waals surface area (Å²) in [4.78, 5) is 14.2. The Kier molecular flexibility index (Phi) is 4.93. The molecule has 2 aromatic heterocycles. The molecule has 4 aromatic rings. The molecule has 28 heavy (non-hydrogen) atoms. The third-order valence-electron chi connectivity index (χ3n) is 4.27. The highest BCUT2D eigenvalue weighted by atomic mass is 32.1. The molecule has 0 spiro atoms. The molecule has 1 amide bonds. The van der Waals surface area contributed by atoms with Crippen LogP contribution in [-0.4, -0.2) is 15.6 Å². The average molecular weight is 410 g/mol. The molecular weight excluding hydrogens is 393 g/mol. The highest BCUT2D eigenvalue weighted by molar-refractivity contribution is 7.80. The summed E-state index contributed by atoms with van der Waals surface area (Å²) in [7, 11) is 0. The van der Waals surface area contributed by atoms with Crippen LogP contribution >= 0.6 is 23.6 Å². The van der Waals surface area contributed by atoms with Crippen LogP contribution in [0.25, 0.3) is 15.9 Å². The average Bonchev–Trinajstić information content (AvgIpc) is 3.25. The van der Waals surface area contributed by atoms with Gasteiger partial charge in [-0.3, -0.25) is 10.1 Å². The number of aryl methyl sites for hydroxylation is 1. The number of benzene rings is 2. The summed E-state index contributed by atoms with van der Waals surface area (Å²) in [5.41, 5.74) is 2.75. The van der Waals surface area contributed by atoms with Crippen molar-refractivity contribution < 1.29 is 9.18 Å². The van der Waals surface area contributed by atoms with Crippen molar-refractivity contribution in [2.45, 2.75) is 6.92 Å². The minimum absolute atomic E-state index is 0.164. The number of rotatable bonds is 3. The van der Waals surface area contributed by atoms with Gasteiger partial charge in [0.05, 0.1) is 4.88 Å². The van der Waals surface area contributed by atoms with E-state index in [1.54, 1.807) is 12.1 Å². The van der Waals surface area contributed by atoms with Crippen LogP contribution in [0.5, 0.6) is 0 Å². The number of hydrogen-bond acceptors (Lipinski definition) is 3. The van der Waals surface area contributed by atoms with Crippen molar-refractivity contribution in [2.24, 2.45) is 0 Å². The maximum absolute atomic E-state index is 13.0. The molecule has 0 aliphatic carbocycles. The zero-order valence-corrected chi connectivity index (χ0v) is 16.5. The van der Waals surface area contributed by atoms with Gasteiger partial charge in [-0.15, -0.1) is 11.3 Å². The zero-order chi connectivity index (χ0) is 19.7. The number of anilines is 1. The van der Waals surface area contributed by atoms with E-state index in [4.69, 9.17) is 12.2 Å². The summed E-state index contributed by atoms with van der Waals surface area (Å²) in [6.45, 7) is 2.02. The number of aromatic nitrogens is 1. The molecule has 2 N–H and O–H groups in total. The van der Waals surface area contributed by atoms with Crippen molar-refractivity contribution >= 4 is 50.5 Å². The van der Waals surface area contributed by atoms with Gasteiger partial charge in [0.25, 0.3) is 5.91 Å². The Bertz CT molecular complexity index is 1160. The SMILES string of the molecule is Cc1cn(-c2ccccc2)c2sc(C(=O)NC(=S)Nc3ccc(F)cc3)cc12. The minimum atomic E-state index is -0.333. The molecule has 2 aromatic carbocycles. The molecule has 0 saturated heterocycles. The van der Waals surface area contributed by atoms with Crippen molar-refractivity contribution in [1.82, 2.24) is 9.88 Å². The fourth-order valence-electron chi connectivity index (χ4n) is 2.92. The van der Waals surface area contributed by atoms with Crippen molar-refractivity contribution in [3.63, 3.8) is 0 Å². The molecule has 0 saturated carbocycles. The maximum atomic E-state index is 13.0. The van der Waals surface area contributed by atoms with Crippen molar-refractivity contribution in [2.75, 3.05) is 5.32 Å². The number of hydrogen-bond donors (Lipinski definition) is 2. The number of thiocarbonyl (C=S) groups is 1. The Labute approximate surface area is 170 Å². The first-order valence-corrected chi connectivity index (χ1v) is 9.78. The Balaban J connectivity index is 1.54. The third kappa shape index (κ3) is 3.67. The van der Waals surface area contributed by atoms with E-state index in [1.165, 1.54) is 23.5 Å². The van der Waals surface area contributed by atoms with Gasteiger partial charge in [0.1, 0.15) is 10.6 Å². The summed E-state index contributed by atoms with van der Waals surface area (Å²) in [6, 6.07) is 17.6. The monoisotopic (exact) mass is 409 g/mol. The van der Waals surface area contributed by atoms with E-state index in [9.17, 15) is 9.18 Å². The first-order valence-electron chi connectivity index (χ1n) is 8.56. The maximum Gasteiger partial charge on any atom is 0.267 e. The lowest BCUT2D eigenvalue weighted by molar-refractivity contribution is 0.0981. The fourth-order valence-corrected chi connectivity index (χ4v) is 4.24. The van der Waals surface area contributed by atoms with Crippen LogP contribution in [-0.2, 0) is 0 Å². The largest absolute Gasteiger partial charge is 0.332 e. The standard InChI is InChI=1S/C21H16FN3OS2/c1-13-12-25(16-5-3-2-4-6-16)20-17(13)11-18(28-20)19(26)24-21(27)23-15-9-7-14(22)8-10-15/h2-12H,1H3,(H2,23,24,26,27). The van der Waals surface area contributed by atoms with E-state index in [1.807, 2.05) is 43.3 Å². The molecule has 4 nitrogen and oxygen atoms in total. The molecule has 140 valence electrons. The number of nitrogens with zero attached hydrogens (tertiary/aromatic N) is 1. The summed E-state index contributed by atoms with van der Waals surface area (Å²) < 4.78 is 15.1. The number of carbonyl (C=O) groups is 1. The summed E-state index contributed by atoms with van der Waals surface area (Å²) in [5, 5.41) is 6.76. The van der Waals surface area contributed by atoms with Gasteiger partial charge in [0, 0.05) is 23.0 Å². The zero-order valence-electron chi connectivity index (χ0n) is 14.9. The van der Waals surface area contributed by atoms with Crippen molar-refractivity contribution in [1.29, 1.82) is 0 Å². The Morgan fingerprint density at radius 3 is 2.54 bits per heavy atom. The molecule has 0 aliphatic rings. The molecule has 4 rings (SSSR count). The van der Waals surface area contributed by atoms with Gasteiger partial charge in [-0.05, 0) is 67.2 Å². The van der Waals surface area contributed by atoms with Gasteiger partial charge in [0.15, 0.2) is 5.11 Å². The Hall–Kier alpha value is -3.03. The van der Waals surface area contributed by atoms with Crippen molar-refractivity contribution in [3.8, 4) is 5.69 Å². The van der Waals surface area contributed by atoms with E-state index in [-0.39, 0.29) is 16.8 Å². The highest BCUT2D eigenvalue weighted by Gasteiger charge is 2.16. The van der Waals surface area contributed by atoms with E-state index in [0.29, 0.717) is 10.6 Å². The summed E-state index contributed by atoms with van der Waals surface area (Å²) in [5.74, 6) is -0.611. The number of thiophene rings is 1. The van der Waals surface area contributed by atoms with Gasteiger partial charge in [-0.25, -0.2) is 4.39 Å². The molecular formula is C21H16FN3OS2. The van der Waals surface area contributed by atoms with Crippen LogP contribution in [0.2, 0.25) is 0 Å². The van der Waals surface area contributed by atoms with E-state index in [0.717, 1.165) is 21.5 Å². The van der Waals surface area contributed by atoms with Gasteiger partial charge in [-0.1, -0.05) is 18.2 Å². The predicted molar refractivity (Wildman–Crippen MR) is 116 cm³/mol. The van der Waals surface area contributed by atoms with Crippen LogP contribution in [0.4, 0.5) is 10.1 Å². The van der Waals surface area contributed by atoms with E-state index >= 15 is 0 Å². The fraction of sp³-hybridized carbons (Fsp3) is 0.0476.